The Labute approximate surface area is 169 Å². The number of aryl methyl sites for hydroxylation is 1. The Morgan fingerprint density at radius 3 is 2.55 bits per heavy atom. The van der Waals surface area contributed by atoms with Gasteiger partial charge in [-0.2, -0.15) is 0 Å². The van der Waals surface area contributed by atoms with E-state index in [-0.39, 0.29) is 30.0 Å². The van der Waals surface area contributed by atoms with E-state index in [0.29, 0.717) is 18.8 Å². The topological polar surface area (TPSA) is 97.0 Å². The molecule has 3 rings (SSSR count). The van der Waals surface area contributed by atoms with Crippen molar-refractivity contribution in [3.8, 4) is 5.75 Å². The second-order valence-corrected chi connectivity index (χ2v) is 6.62. The number of hydrogen-bond acceptors (Lipinski definition) is 5. The molecular weight excluding hydrogens is 368 g/mol. The molecule has 150 valence electrons. The molecule has 3 aromatic rings. The number of hydrogen-bond donors (Lipinski definition) is 2. The molecule has 1 heterocycles. The average molecular weight is 392 g/mol. The summed E-state index contributed by atoms with van der Waals surface area (Å²) in [6.07, 6.45) is 1.62. The van der Waals surface area contributed by atoms with E-state index in [4.69, 9.17) is 4.74 Å². The van der Waals surface area contributed by atoms with Crippen molar-refractivity contribution < 1.29 is 9.53 Å². The maximum Gasteiger partial charge on any atom is 0.272 e. The van der Waals surface area contributed by atoms with Gasteiger partial charge >= 0.3 is 0 Å². The molecule has 7 nitrogen and oxygen atoms in total. The number of aromatic amines is 1. The van der Waals surface area contributed by atoms with E-state index in [1.165, 1.54) is 5.56 Å². The molecule has 0 unspecified atom stereocenters. The van der Waals surface area contributed by atoms with E-state index < -0.39 is 0 Å². The number of nitrogens with zero attached hydrogens (tertiary/aromatic N) is 2. The van der Waals surface area contributed by atoms with E-state index >= 15 is 0 Å². The van der Waals surface area contributed by atoms with Crippen molar-refractivity contribution in [3.63, 3.8) is 0 Å². The molecule has 2 N–H and O–H groups in total. The average Bonchev–Trinajstić information content (AvgIpc) is 2.74. The van der Waals surface area contributed by atoms with Crippen LogP contribution in [-0.2, 0) is 24.1 Å². The van der Waals surface area contributed by atoms with E-state index in [2.05, 4.69) is 20.5 Å². The number of carbonyl (C=O) groups excluding carboxylic acids is 1. The number of rotatable bonds is 9. The first-order valence-corrected chi connectivity index (χ1v) is 9.53. The highest BCUT2D eigenvalue weighted by molar-refractivity contribution is 5.76. The lowest BCUT2D eigenvalue weighted by atomic mass is 10.1. The van der Waals surface area contributed by atoms with Crippen molar-refractivity contribution in [2.45, 2.75) is 25.7 Å². The van der Waals surface area contributed by atoms with Gasteiger partial charge in [0.2, 0.25) is 5.91 Å². The molecule has 7 heteroatoms. The fourth-order valence-electron chi connectivity index (χ4n) is 2.98. The monoisotopic (exact) mass is 392 g/mol. The van der Waals surface area contributed by atoms with Gasteiger partial charge in [-0.1, -0.05) is 48.5 Å². The minimum atomic E-state index is -0.318. The van der Waals surface area contributed by atoms with Crippen LogP contribution in [0.25, 0.3) is 0 Å². The fraction of sp³-hybridized carbons (Fsp3) is 0.273. The molecule has 1 amide bonds. The summed E-state index contributed by atoms with van der Waals surface area (Å²) in [5, 5.41) is 11.0. The minimum Gasteiger partial charge on any atom is -0.496 e. The van der Waals surface area contributed by atoms with Crippen molar-refractivity contribution in [2.24, 2.45) is 0 Å². The first kappa shape index (κ1) is 20.3. The minimum absolute atomic E-state index is 0.111. The predicted molar refractivity (Wildman–Crippen MR) is 110 cm³/mol. The van der Waals surface area contributed by atoms with Crippen molar-refractivity contribution in [1.29, 1.82) is 0 Å². The van der Waals surface area contributed by atoms with Gasteiger partial charge in [0.15, 0.2) is 0 Å². The molecule has 0 aliphatic rings. The lowest BCUT2D eigenvalue weighted by Gasteiger charge is -2.07. The highest BCUT2D eigenvalue weighted by Crippen LogP contribution is 2.19. The Hall–Kier alpha value is -3.48. The van der Waals surface area contributed by atoms with Crippen LogP contribution in [0.4, 0.5) is 0 Å². The molecule has 0 saturated carbocycles. The molecule has 2 aromatic carbocycles. The molecule has 0 fully saturated rings. The Kier molecular flexibility index (Phi) is 7.10. The third kappa shape index (κ3) is 6.00. The zero-order valence-corrected chi connectivity index (χ0v) is 16.4. The molecule has 0 aliphatic carbocycles. The number of H-pyrrole nitrogens is 1. The first-order chi connectivity index (χ1) is 14.2. The highest BCUT2D eigenvalue weighted by Gasteiger charge is 2.10. The van der Waals surface area contributed by atoms with Crippen LogP contribution in [0.3, 0.4) is 0 Å². The van der Waals surface area contributed by atoms with E-state index in [9.17, 15) is 9.59 Å². The van der Waals surface area contributed by atoms with Gasteiger partial charge in [0.05, 0.1) is 7.11 Å². The molecular formula is C22H24N4O3. The van der Waals surface area contributed by atoms with Gasteiger partial charge < -0.3 is 15.0 Å². The number of benzene rings is 2. The second-order valence-electron chi connectivity index (χ2n) is 6.62. The number of carbonyl (C=O) groups is 1. The third-order valence-corrected chi connectivity index (χ3v) is 4.53. The Morgan fingerprint density at radius 2 is 1.79 bits per heavy atom. The largest absolute Gasteiger partial charge is 0.496 e. The summed E-state index contributed by atoms with van der Waals surface area (Å²) in [5.41, 5.74) is 2.01. The quantitative estimate of drug-likeness (QED) is 0.581. The summed E-state index contributed by atoms with van der Waals surface area (Å²) in [5.74, 6) is 1.07. The lowest BCUT2D eigenvalue weighted by molar-refractivity contribution is -0.121. The van der Waals surface area contributed by atoms with Crippen LogP contribution < -0.4 is 15.6 Å². The number of nitrogens with one attached hydrogen (secondary N) is 2. The zero-order valence-electron chi connectivity index (χ0n) is 16.4. The van der Waals surface area contributed by atoms with Crippen molar-refractivity contribution in [1.82, 2.24) is 20.5 Å². The van der Waals surface area contributed by atoms with Gasteiger partial charge in [0.1, 0.15) is 17.3 Å². The number of methoxy groups -OCH3 is 1. The van der Waals surface area contributed by atoms with Gasteiger partial charge in [-0.05, 0) is 18.1 Å². The van der Waals surface area contributed by atoms with Crippen molar-refractivity contribution in [3.05, 3.63) is 87.6 Å². The van der Waals surface area contributed by atoms with Gasteiger partial charge in [-0.15, -0.1) is 10.2 Å². The van der Waals surface area contributed by atoms with Crippen LogP contribution in [0, 0.1) is 0 Å². The summed E-state index contributed by atoms with van der Waals surface area (Å²) in [6, 6.07) is 17.5. The van der Waals surface area contributed by atoms with Crippen LogP contribution in [-0.4, -0.2) is 34.7 Å². The van der Waals surface area contributed by atoms with E-state index in [1.54, 1.807) is 7.11 Å². The summed E-state index contributed by atoms with van der Waals surface area (Å²) >= 11 is 0. The molecule has 0 bridgehead atoms. The van der Waals surface area contributed by atoms with Gasteiger partial charge in [-0.3, -0.25) is 9.59 Å². The third-order valence-electron chi connectivity index (χ3n) is 4.53. The van der Waals surface area contributed by atoms with Gasteiger partial charge in [0.25, 0.3) is 5.56 Å². The van der Waals surface area contributed by atoms with E-state index in [1.807, 2.05) is 54.6 Å². The number of ether oxygens (including phenoxy) is 1. The van der Waals surface area contributed by atoms with Crippen LogP contribution >= 0.6 is 0 Å². The van der Waals surface area contributed by atoms with Crippen molar-refractivity contribution in [2.75, 3.05) is 13.7 Å². The van der Waals surface area contributed by atoms with Crippen LogP contribution in [0.15, 0.2) is 59.4 Å². The van der Waals surface area contributed by atoms with Crippen molar-refractivity contribution >= 4 is 5.91 Å². The molecule has 0 atom stereocenters. The fourth-order valence-corrected chi connectivity index (χ4v) is 2.98. The molecule has 29 heavy (non-hydrogen) atoms. The lowest BCUT2D eigenvalue weighted by Crippen LogP contribution is -2.27. The van der Waals surface area contributed by atoms with Gasteiger partial charge in [-0.25, -0.2) is 0 Å². The highest BCUT2D eigenvalue weighted by atomic mass is 16.5. The Balaban J connectivity index is 1.50. The molecule has 0 saturated heterocycles. The number of para-hydroxylation sites is 1. The Morgan fingerprint density at radius 1 is 1.03 bits per heavy atom. The molecule has 0 aliphatic heterocycles. The molecule has 0 radical (unpaired) electrons. The SMILES string of the molecule is COc1ccccc1Cc1nnc(CCC(=O)NCCc2ccccc2)c(=O)[nH]1. The van der Waals surface area contributed by atoms with E-state index in [0.717, 1.165) is 17.7 Å². The van der Waals surface area contributed by atoms with Gasteiger partial charge in [0, 0.05) is 31.4 Å². The summed E-state index contributed by atoms with van der Waals surface area (Å²) < 4.78 is 5.31. The first-order valence-electron chi connectivity index (χ1n) is 9.53. The molecule has 0 spiro atoms. The van der Waals surface area contributed by atoms with Crippen LogP contribution in [0.5, 0.6) is 5.75 Å². The summed E-state index contributed by atoms with van der Waals surface area (Å²) in [7, 11) is 1.60. The smallest absolute Gasteiger partial charge is 0.272 e. The second kappa shape index (κ2) is 10.2. The van der Waals surface area contributed by atoms with Crippen LogP contribution in [0.2, 0.25) is 0 Å². The maximum absolute atomic E-state index is 12.3. The summed E-state index contributed by atoms with van der Waals surface area (Å²) in [4.78, 5) is 27.0. The Bertz CT molecular complexity index is 1000. The maximum atomic E-state index is 12.3. The predicted octanol–water partition coefficient (Wildman–Crippen LogP) is 2.06. The number of aromatic nitrogens is 3. The zero-order chi connectivity index (χ0) is 20.5. The number of amides is 1. The summed E-state index contributed by atoms with van der Waals surface area (Å²) in [6.45, 7) is 0.558. The molecule has 1 aromatic heterocycles. The standard InChI is InChI=1S/C22H24N4O3/c1-29-19-10-6-5-9-17(19)15-20-24-22(28)18(25-26-20)11-12-21(27)23-14-13-16-7-3-2-4-8-16/h2-10H,11-15H2,1H3,(H,23,27)(H,24,26,28). The van der Waals surface area contributed by atoms with Crippen LogP contribution in [0.1, 0.15) is 29.1 Å². The normalized spacial score (nSPS) is 10.5.